The molecule has 16 heteroatoms. The summed E-state index contributed by atoms with van der Waals surface area (Å²) >= 11 is 5.71. The van der Waals surface area contributed by atoms with Gasteiger partial charge in [-0.05, 0) is 36.5 Å². The van der Waals surface area contributed by atoms with Gasteiger partial charge in [-0.1, -0.05) is 0 Å². The number of rotatable bonds is 12. The molecule has 204 valence electrons. The quantitative estimate of drug-likeness (QED) is 0.172. The number of aromatic nitrogens is 5. The van der Waals surface area contributed by atoms with E-state index in [1.165, 1.54) is 38.4 Å². The van der Waals surface area contributed by atoms with Gasteiger partial charge < -0.3 is 40.1 Å². The van der Waals surface area contributed by atoms with Crippen molar-refractivity contribution in [2.24, 2.45) is 14.1 Å². The molecule has 0 fully saturated rings. The minimum Gasteiger partial charge on any atom is -0.358 e. The number of nitrogens with one attached hydrogen (secondary N) is 3. The van der Waals surface area contributed by atoms with Crippen LogP contribution >= 0.6 is 11.6 Å². The maximum absolute atomic E-state index is 12.9. The Hall–Kier alpha value is -4.24. The normalized spacial score (nSPS) is 11.0. The molecule has 0 spiro atoms. The molecule has 0 saturated heterocycles. The number of likely N-dealkylation sites (N-methyl/N-ethyl adjacent to an activating group) is 1. The minimum absolute atomic E-state index is 0.137. The van der Waals surface area contributed by atoms with Crippen LogP contribution in [0.25, 0.3) is 0 Å². The zero-order valence-corrected chi connectivity index (χ0v) is 22.2. The molecular formula is C22H29ClN10O5. The zero-order valence-electron chi connectivity index (χ0n) is 21.4. The lowest BCUT2D eigenvalue weighted by molar-refractivity contribution is -0.389. The summed E-state index contributed by atoms with van der Waals surface area (Å²) < 4.78 is 4.36. The van der Waals surface area contributed by atoms with Crippen molar-refractivity contribution < 1.29 is 19.3 Å². The second-order valence-corrected chi connectivity index (χ2v) is 9.05. The molecule has 0 aliphatic rings. The number of carbonyl (C=O) groups excluding carboxylic acids is 3. The van der Waals surface area contributed by atoms with Crippen LogP contribution in [0.15, 0.2) is 24.7 Å². The molecule has 3 amide bonds. The third-order valence-electron chi connectivity index (χ3n) is 5.35. The average Bonchev–Trinajstić information content (AvgIpc) is 3.53. The summed E-state index contributed by atoms with van der Waals surface area (Å²) in [7, 11) is 7.04. The van der Waals surface area contributed by atoms with E-state index in [0.717, 1.165) is 0 Å². The van der Waals surface area contributed by atoms with E-state index in [1.807, 2.05) is 19.0 Å². The van der Waals surface area contributed by atoms with Crippen molar-refractivity contribution in [1.29, 1.82) is 0 Å². The fourth-order valence-corrected chi connectivity index (χ4v) is 3.63. The molecule has 3 rings (SSSR count). The monoisotopic (exact) mass is 548 g/mol. The molecule has 38 heavy (non-hydrogen) atoms. The number of imidazole rings is 2. The molecule has 0 bridgehead atoms. The van der Waals surface area contributed by atoms with Crippen molar-refractivity contribution in [3.8, 4) is 0 Å². The van der Waals surface area contributed by atoms with E-state index in [4.69, 9.17) is 11.6 Å². The first-order valence-corrected chi connectivity index (χ1v) is 12.1. The van der Waals surface area contributed by atoms with E-state index >= 15 is 0 Å². The third kappa shape index (κ3) is 6.95. The number of nitro groups is 1. The Bertz CT molecular complexity index is 1340. The number of hydrogen-bond acceptors (Lipinski definition) is 8. The standard InChI is InChI=1S/C22H29ClN10O5/c1-29(2)9-7-24-21(35)18-26-16(12-31(18)4)27-20(34)15-10-14(11-30(15)3)25-22(36)19-28-17(33(37)38)13-32(19)8-5-6-23/h10-13H,5-9H2,1-4H3,(H,24,35)(H,25,36)(H,27,34). The van der Waals surface area contributed by atoms with Crippen LogP contribution in [-0.4, -0.2) is 84.3 Å². The van der Waals surface area contributed by atoms with E-state index in [2.05, 4.69) is 25.9 Å². The lowest BCUT2D eigenvalue weighted by Crippen LogP contribution is -2.32. The largest absolute Gasteiger partial charge is 0.382 e. The highest BCUT2D eigenvalue weighted by Gasteiger charge is 2.26. The van der Waals surface area contributed by atoms with Crippen LogP contribution in [0, 0.1) is 10.1 Å². The first-order chi connectivity index (χ1) is 18.0. The Morgan fingerprint density at radius 2 is 1.76 bits per heavy atom. The summed E-state index contributed by atoms with van der Waals surface area (Å²) in [5, 5.41) is 19.1. The van der Waals surface area contributed by atoms with Gasteiger partial charge in [-0.25, -0.2) is 4.98 Å². The van der Waals surface area contributed by atoms with Crippen molar-refractivity contribution in [3.63, 3.8) is 0 Å². The number of alkyl halides is 1. The molecule has 0 unspecified atom stereocenters. The van der Waals surface area contributed by atoms with Crippen LogP contribution in [0.4, 0.5) is 17.3 Å². The van der Waals surface area contributed by atoms with E-state index < -0.39 is 22.6 Å². The SMILES string of the molecule is CN(C)CCNC(=O)c1nc(NC(=O)c2cc(NC(=O)c3nc([N+](=O)[O-])cn3CCCCl)cn2C)cn1C. The summed E-state index contributed by atoms with van der Waals surface area (Å²) in [6.45, 7) is 1.38. The number of nitrogens with zero attached hydrogens (tertiary/aromatic N) is 7. The van der Waals surface area contributed by atoms with Crippen molar-refractivity contribution in [2.75, 3.05) is 43.7 Å². The van der Waals surface area contributed by atoms with Crippen LogP contribution in [-0.2, 0) is 20.6 Å². The number of anilines is 2. The van der Waals surface area contributed by atoms with Gasteiger partial charge in [0.1, 0.15) is 11.9 Å². The molecule has 0 aromatic carbocycles. The van der Waals surface area contributed by atoms with Crippen LogP contribution in [0.3, 0.4) is 0 Å². The number of halogens is 1. The van der Waals surface area contributed by atoms with Crippen LogP contribution in [0.2, 0.25) is 0 Å². The van der Waals surface area contributed by atoms with Gasteiger partial charge in [-0.2, -0.15) is 0 Å². The summed E-state index contributed by atoms with van der Waals surface area (Å²) in [4.78, 5) is 58.5. The Kier molecular flexibility index (Phi) is 9.20. The lowest BCUT2D eigenvalue weighted by atomic mass is 10.3. The van der Waals surface area contributed by atoms with Gasteiger partial charge in [0.15, 0.2) is 5.82 Å². The number of carbonyl (C=O) groups is 3. The zero-order chi connectivity index (χ0) is 28.0. The van der Waals surface area contributed by atoms with E-state index in [0.29, 0.717) is 25.4 Å². The fourth-order valence-electron chi connectivity index (χ4n) is 3.51. The van der Waals surface area contributed by atoms with Gasteiger partial charge in [0.2, 0.25) is 5.82 Å². The predicted molar refractivity (Wildman–Crippen MR) is 140 cm³/mol. The van der Waals surface area contributed by atoms with Gasteiger partial charge in [0.05, 0.1) is 5.69 Å². The van der Waals surface area contributed by atoms with Gasteiger partial charge >= 0.3 is 17.5 Å². The molecule has 0 aliphatic carbocycles. The van der Waals surface area contributed by atoms with Gasteiger partial charge in [-0.3, -0.25) is 19.0 Å². The molecule has 0 radical (unpaired) electrons. The smallest absolute Gasteiger partial charge is 0.358 e. The second-order valence-electron chi connectivity index (χ2n) is 8.67. The Balaban J connectivity index is 1.70. The van der Waals surface area contributed by atoms with E-state index in [9.17, 15) is 24.5 Å². The summed E-state index contributed by atoms with van der Waals surface area (Å²) in [6.07, 6.45) is 4.68. The molecule has 15 nitrogen and oxygen atoms in total. The summed E-state index contributed by atoms with van der Waals surface area (Å²) in [5.41, 5.74) is 0.471. The summed E-state index contributed by atoms with van der Waals surface area (Å²) in [5.74, 6) is -1.56. The molecule has 3 heterocycles. The molecule has 0 saturated carbocycles. The average molecular weight is 549 g/mol. The van der Waals surface area contributed by atoms with Gasteiger partial charge in [0, 0.05) is 52.0 Å². The number of hydrogen-bond donors (Lipinski definition) is 3. The van der Waals surface area contributed by atoms with Crippen molar-refractivity contribution in [3.05, 3.63) is 52.1 Å². The second kappa shape index (κ2) is 12.3. The Morgan fingerprint density at radius 1 is 1.03 bits per heavy atom. The molecule has 0 atom stereocenters. The molecule has 3 N–H and O–H groups in total. The van der Waals surface area contributed by atoms with E-state index in [1.54, 1.807) is 14.1 Å². The third-order valence-corrected chi connectivity index (χ3v) is 5.61. The highest BCUT2D eigenvalue weighted by Crippen LogP contribution is 2.18. The van der Waals surface area contributed by atoms with Crippen molar-refractivity contribution in [2.45, 2.75) is 13.0 Å². The van der Waals surface area contributed by atoms with Crippen molar-refractivity contribution in [1.82, 2.24) is 33.9 Å². The van der Waals surface area contributed by atoms with Crippen LogP contribution in [0.5, 0.6) is 0 Å². The summed E-state index contributed by atoms with van der Waals surface area (Å²) in [6, 6.07) is 1.44. The molecule has 0 aliphatic heterocycles. The first-order valence-electron chi connectivity index (χ1n) is 11.5. The van der Waals surface area contributed by atoms with Gasteiger partial charge in [0.25, 0.3) is 11.8 Å². The maximum atomic E-state index is 12.9. The Labute approximate surface area is 222 Å². The highest BCUT2D eigenvalue weighted by molar-refractivity contribution is 6.17. The molecule has 3 aromatic heterocycles. The minimum atomic E-state index is -0.685. The highest BCUT2D eigenvalue weighted by atomic mass is 35.5. The molecular weight excluding hydrogens is 520 g/mol. The van der Waals surface area contributed by atoms with Crippen LogP contribution < -0.4 is 16.0 Å². The Morgan fingerprint density at radius 3 is 2.42 bits per heavy atom. The topological polar surface area (TPSA) is 174 Å². The maximum Gasteiger partial charge on any atom is 0.382 e. The van der Waals surface area contributed by atoms with Crippen molar-refractivity contribution >= 4 is 46.6 Å². The fraction of sp³-hybridized carbons (Fsp3) is 0.409. The molecule has 3 aromatic rings. The van der Waals surface area contributed by atoms with Crippen LogP contribution in [0.1, 0.15) is 38.1 Å². The number of aryl methyl sites for hydroxylation is 3. The predicted octanol–water partition coefficient (Wildman–Crippen LogP) is 1.29. The van der Waals surface area contributed by atoms with Gasteiger partial charge in [-0.15, -0.1) is 11.6 Å². The lowest BCUT2D eigenvalue weighted by Gasteiger charge is -2.09. The van der Waals surface area contributed by atoms with E-state index in [-0.39, 0.29) is 41.3 Å². The number of amides is 3. The first kappa shape index (κ1) is 28.3.